The van der Waals surface area contributed by atoms with Crippen LogP contribution in [0.5, 0.6) is 0 Å². The quantitative estimate of drug-likeness (QED) is 0.310. The largest absolute Gasteiger partial charge is 1.00 e. The Kier molecular flexibility index (Phi) is 28.0. The topological polar surface area (TPSA) is 106 Å². The van der Waals surface area contributed by atoms with E-state index in [-0.39, 0.29) is 36.5 Å². The van der Waals surface area contributed by atoms with E-state index >= 15 is 0 Å². The van der Waals surface area contributed by atoms with Gasteiger partial charge in [0.05, 0.1) is 0 Å². The molecule has 62 valence electrons. The normalized spacial score (nSPS) is 7.60. The van der Waals surface area contributed by atoms with Crippen molar-refractivity contribution in [3.05, 3.63) is 0 Å². The summed E-state index contributed by atoms with van der Waals surface area (Å²) in [5, 5.41) is 0. The van der Waals surface area contributed by atoms with Gasteiger partial charge in [0.25, 0.3) is 0 Å². The molecule has 0 aromatic rings. The molecule has 0 saturated carbocycles. The van der Waals surface area contributed by atoms with Crippen LogP contribution in [-0.4, -0.2) is 23.0 Å². The molecule has 0 saturated heterocycles. The molecule has 0 aliphatic heterocycles. The summed E-state index contributed by atoms with van der Waals surface area (Å²) in [7, 11) is -4.67. The van der Waals surface area contributed by atoms with Gasteiger partial charge in [-0.3, -0.25) is 9.11 Å². The van der Waals surface area contributed by atoms with Crippen LogP contribution in [0.1, 0.15) is 21.7 Å². The summed E-state index contributed by atoms with van der Waals surface area (Å²) in [5.41, 5.74) is 0. The van der Waals surface area contributed by atoms with Crippen LogP contribution in [0.3, 0.4) is 0 Å². The van der Waals surface area contributed by atoms with Gasteiger partial charge in [-0.05, 0) is 0 Å². The Hall–Kier alpha value is 0.830. The van der Waals surface area contributed by atoms with Crippen molar-refractivity contribution in [3.63, 3.8) is 0 Å². The van der Waals surface area contributed by atoms with Crippen LogP contribution in [0.4, 0.5) is 0 Å². The molecule has 0 radical (unpaired) electrons. The summed E-state index contributed by atoms with van der Waals surface area (Å²) in [5.74, 6) is 0. The summed E-state index contributed by atoms with van der Waals surface area (Å²) in [6.45, 7) is 4.25. The third-order valence-corrected chi connectivity index (χ3v) is 0. The second-order valence-corrected chi connectivity index (χ2v) is 2.05. The predicted octanol–water partition coefficient (Wildman–Crippen LogP) is -2.94. The second-order valence-electron chi connectivity index (χ2n) is 1.15. The minimum atomic E-state index is -4.67. The first kappa shape index (κ1) is 22.4. The maximum absolute atomic E-state index is 8.74. The van der Waals surface area contributed by atoms with Gasteiger partial charge in [-0.1, -0.05) is 20.3 Å². The molecular formula is C3H13NaO5S. The summed E-state index contributed by atoms with van der Waals surface area (Å²) >= 11 is 0. The Morgan fingerprint density at radius 2 is 1.30 bits per heavy atom. The van der Waals surface area contributed by atoms with Gasteiger partial charge in [0.1, 0.15) is 0 Å². The molecule has 10 heavy (non-hydrogen) atoms. The molecule has 0 fully saturated rings. The molecule has 0 aromatic heterocycles. The van der Waals surface area contributed by atoms with Crippen molar-refractivity contribution in [1.29, 1.82) is 0 Å². The van der Waals surface area contributed by atoms with Gasteiger partial charge in [0, 0.05) is 0 Å². The molecule has 0 atom stereocenters. The zero-order chi connectivity index (χ0) is 7.21. The van der Waals surface area contributed by atoms with E-state index in [9.17, 15) is 0 Å². The second kappa shape index (κ2) is 12.5. The Morgan fingerprint density at radius 1 is 1.30 bits per heavy atom. The summed E-state index contributed by atoms with van der Waals surface area (Å²) in [4.78, 5) is 0. The Balaban J connectivity index is -0.0000000183. The van der Waals surface area contributed by atoms with E-state index in [1.165, 1.54) is 6.42 Å². The van der Waals surface area contributed by atoms with Gasteiger partial charge in [-0.2, -0.15) is 8.42 Å². The molecular weight excluding hydrogens is 171 g/mol. The molecule has 0 spiro atoms. The molecule has 0 amide bonds. The fourth-order valence-electron chi connectivity index (χ4n) is 0. The van der Waals surface area contributed by atoms with E-state index in [0.29, 0.717) is 0 Å². The van der Waals surface area contributed by atoms with E-state index < -0.39 is 10.4 Å². The Bertz CT molecular complexity index is 116. The van der Waals surface area contributed by atoms with Crippen molar-refractivity contribution >= 4 is 10.4 Å². The monoisotopic (exact) mass is 184 g/mol. The fourth-order valence-corrected chi connectivity index (χ4v) is 0. The molecule has 0 aliphatic carbocycles. The van der Waals surface area contributed by atoms with Crippen LogP contribution in [-0.2, 0) is 10.4 Å². The number of hydrogen-bond acceptors (Lipinski definition) is 2. The van der Waals surface area contributed by atoms with Crippen molar-refractivity contribution in [1.82, 2.24) is 0 Å². The van der Waals surface area contributed by atoms with Crippen molar-refractivity contribution in [2.45, 2.75) is 20.3 Å². The van der Waals surface area contributed by atoms with Crippen LogP contribution < -0.4 is 29.6 Å². The predicted molar refractivity (Wildman–Crippen MR) is 34.9 cm³/mol. The standard InChI is InChI=1S/C3H8.Na.H2O4S.H2O.H/c1-3-2;;1-5(2,3)4;;/h3H2,1-2H3;;(H2,1,2,3,4);1H2;/q;+1;;;-1. The van der Waals surface area contributed by atoms with Gasteiger partial charge >= 0.3 is 40.0 Å². The maximum Gasteiger partial charge on any atom is 1.00 e. The van der Waals surface area contributed by atoms with Crippen LogP contribution in [0.15, 0.2) is 0 Å². The summed E-state index contributed by atoms with van der Waals surface area (Å²) in [6, 6.07) is 0. The van der Waals surface area contributed by atoms with Crippen LogP contribution in [0, 0.1) is 0 Å². The van der Waals surface area contributed by atoms with Crippen molar-refractivity contribution in [2.24, 2.45) is 0 Å². The van der Waals surface area contributed by atoms with E-state index in [1.807, 2.05) is 0 Å². The first-order valence-electron chi connectivity index (χ1n) is 2.11. The zero-order valence-electron chi connectivity index (χ0n) is 7.33. The molecule has 0 unspecified atom stereocenters. The molecule has 0 aliphatic rings. The molecule has 4 N–H and O–H groups in total. The van der Waals surface area contributed by atoms with E-state index in [4.69, 9.17) is 17.5 Å². The molecule has 0 bridgehead atoms. The summed E-state index contributed by atoms with van der Waals surface area (Å²) in [6.07, 6.45) is 1.25. The van der Waals surface area contributed by atoms with Crippen molar-refractivity contribution < 1.29 is 54.0 Å². The van der Waals surface area contributed by atoms with E-state index in [2.05, 4.69) is 13.8 Å². The molecule has 0 aromatic carbocycles. The van der Waals surface area contributed by atoms with Gasteiger partial charge in [0.15, 0.2) is 0 Å². The van der Waals surface area contributed by atoms with E-state index in [0.717, 1.165) is 0 Å². The Labute approximate surface area is 84.5 Å². The van der Waals surface area contributed by atoms with Crippen LogP contribution in [0.2, 0.25) is 0 Å². The third kappa shape index (κ3) is 786. The van der Waals surface area contributed by atoms with Crippen LogP contribution >= 0.6 is 0 Å². The van der Waals surface area contributed by atoms with Crippen LogP contribution in [0.25, 0.3) is 0 Å². The number of rotatable bonds is 0. The zero-order valence-corrected chi connectivity index (χ0v) is 9.14. The maximum atomic E-state index is 8.74. The Morgan fingerprint density at radius 3 is 1.30 bits per heavy atom. The fraction of sp³-hybridized carbons (Fsp3) is 1.00. The third-order valence-electron chi connectivity index (χ3n) is 0. The average Bonchev–Trinajstić information content (AvgIpc) is 1.27. The van der Waals surface area contributed by atoms with Gasteiger partial charge < -0.3 is 6.90 Å². The minimum Gasteiger partial charge on any atom is -1.00 e. The van der Waals surface area contributed by atoms with Crippen molar-refractivity contribution in [2.75, 3.05) is 0 Å². The first-order valence-corrected chi connectivity index (χ1v) is 3.51. The molecule has 5 nitrogen and oxygen atoms in total. The van der Waals surface area contributed by atoms with Crippen molar-refractivity contribution in [3.8, 4) is 0 Å². The number of hydrogen-bond donors (Lipinski definition) is 2. The molecule has 0 rings (SSSR count). The molecule has 0 heterocycles. The van der Waals surface area contributed by atoms with Gasteiger partial charge in [0.2, 0.25) is 0 Å². The summed E-state index contributed by atoms with van der Waals surface area (Å²) < 4.78 is 31.6. The average molecular weight is 184 g/mol. The minimum absolute atomic E-state index is 0. The SMILES string of the molecule is CCC.O.O=S(=O)(O)O.[H-].[Na+]. The van der Waals surface area contributed by atoms with E-state index in [1.54, 1.807) is 0 Å². The van der Waals surface area contributed by atoms with Gasteiger partial charge in [-0.25, -0.2) is 0 Å². The van der Waals surface area contributed by atoms with Gasteiger partial charge in [-0.15, -0.1) is 0 Å². The first-order chi connectivity index (χ1) is 3.41. The molecule has 7 heteroatoms. The smallest absolute Gasteiger partial charge is 1.00 e.